The van der Waals surface area contributed by atoms with Crippen molar-refractivity contribution in [3.8, 4) is 11.5 Å². The van der Waals surface area contributed by atoms with E-state index in [9.17, 15) is 8.42 Å². The van der Waals surface area contributed by atoms with Crippen LogP contribution >= 0.6 is 0 Å². The van der Waals surface area contributed by atoms with Crippen molar-refractivity contribution < 1.29 is 17.7 Å². The Hall–Kier alpha value is -1.93. The van der Waals surface area contributed by atoms with E-state index < -0.39 is 9.84 Å². The molecule has 0 amide bonds. The monoisotopic (exact) mass is 349 g/mol. The number of hydrogen-bond donors (Lipinski definition) is 0. The lowest BCUT2D eigenvalue weighted by Gasteiger charge is -2.29. The minimum atomic E-state index is -2.92. The first-order valence-corrected chi connectivity index (χ1v) is 9.91. The summed E-state index contributed by atoms with van der Waals surface area (Å²) in [6.07, 6.45) is 0.907. The highest BCUT2D eigenvalue weighted by molar-refractivity contribution is 7.91. The SMILES string of the molecule is O=S1(=O)CCN(c2ccccc2-c2nc([C@H]3CCOC3)no2)CC1. The molecule has 2 saturated heterocycles. The van der Waals surface area contributed by atoms with Crippen molar-refractivity contribution in [1.82, 2.24) is 10.1 Å². The highest BCUT2D eigenvalue weighted by Crippen LogP contribution is 2.32. The molecule has 1 atom stereocenters. The fraction of sp³-hybridized carbons (Fsp3) is 0.500. The zero-order valence-electron chi connectivity index (χ0n) is 13.2. The van der Waals surface area contributed by atoms with Crippen molar-refractivity contribution in [2.75, 3.05) is 42.7 Å². The van der Waals surface area contributed by atoms with Gasteiger partial charge in [0.1, 0.15) is 0 Å². The van der Waals surface area contributed by atoms with Crippen LogP contribution < -0.4 is 4.90 Å². The maximum atomic E-state index is 11.7. The topological polar surface area (TPSA) is 85.5 Å². The molecule has 7 nitrogen and oxygen atoms in total. The molecule has 0 N–H and O–H groups in total. The van der Waals surface area contributed by atoms with Gasteiger partial charge in [0.2, 0.25) is 0 Å². The van der Waals surface area contributed by atoms with Gasteiger partial charge in [-0.2, -0.15) is 4.98 Å². The molecule has 1 aromatic carbocycles. The Balaban J connectivity index is 1.62. The normalized spacial score (nSPS) is 23.5. The summed E-state index contributed by atoms with van der Waals surface area (Å²) in [6, 6.07) is 7.75. The van der Waals surface area contributed by atoms with Gasteiger partial charge in [-0.05, 0) is 18.6 Å². The van der Waals surface area contributed by atoms with Crippen LogP contribution in [-0.2, 0) is 14.6 Å². The molecule has 4 rings (SSSR count). The van der Waals surface area contributed by atoms with Crippen LogP contribution in [-0.4, -0.2) is 56.4 Å². The predicted octanol–water partition coefficient (Wildman–Crippen LogP) is 1.48. The number of anilines is 1. The summed E-state index contributed by atoms with van der Waals surface area (Å²) >= 11 is 0. The quantitative estimate of drug-likeness (QED) is 0.829. The fourth-order valence-corrected chi connectivity index (χ4v) is 4.33. The summed E-state index contributed by atoms with van der Waals surface area (Å²) in [7, 11) is -2.92. The van der Waals surface area contributed by atoms with Crippen LogP contribution in [0.15, 0.2) is 28.8 Å². The molecule has 24 heavy (non-hydrogen) atoms. The van der Waals surface area contributed by atoms with Crippen LogP contribution in [0.25, 0.3) is 11.5 Å². The Morgan fingerprint density at radius 2 is 1.96 bits per heavy atom. The Morgan fingerprint density at radius 1 is 1.17 bits per heavy atom. The number of rotatable bonds is 3. The van der Waals surface area contributed by atoms with E-state index in [0.29, 0.717) is 31.4 Å². The zero-order chi connectivity index (χ0) is 16.6. The molecular formula is C16H19N3O4S. The Morgan fingerprint density at radius 3 is 2.71 bits per heavy atom. The number of benzene rings is 1. The van der Waals surface area contributed by atoms with Crippen molar-refractivity contribution in [2.45, 2.75) is 12.3 Å². The third-order valence-electron chi connectivity index (χ3n) is 4.56. The van der Waals surface area contributed by atoms with E-state index in [4.69, 9.17) is 9.26 Å². The van der Waals surface area contributed by atoms with E-state index in [1.165, 1.54) is 0 Å². The van der Waals surface area contributed by atoms with Crippen molar-refractivity contribution in [2.24, 2.45) is 0 Å². The minimum Gasteiger partial charge on any atom is -0.381 e. The highest BCUT2D eigenvalue weighted by Gasteiger charge is 2.27. The second kappa shape index (κ2) is 6.18. The van der Waals surface area contributed by atoms with Gasteiger partial charge >= 0.3 is 0 Å². The molecule has 8 heteroatoms. The van der Waals surface area contributed by atoms with Gasteiger partial charge in [0.05, 0.1) is 23.7 Å². The molecule has 0 unspecified atom stereocenters. The number of sulfone groups is 1. The summed E-state index contributed by atoms with van der Waals surface area (Å²) in [5.41, 5.74) is 1.78. The standard InChI is InChI=1S/C16H19N3O4S/c20-24(21)9-6-19(7-10-24)14-4-2-1-3-13(14)16-17-15(18-23-16)12-5-8-22-11-12/h1-4,12H,5-11H2/t12-/m0/s1. The molecule has 0 saturated carbocycles. The first-order chi connectivity index (χ1) is 11.6. The largest absolute Gasteiger partial charge is 0.381 e. The maximum absolute atomic E-state index is 11.7. The van der Waals surface area contributed by atoms with Crippen LogP contribution in [0.4, 0.5) is 5.69 Å². The van der Waals surface area contributed by atoms with Crippen molar-refractivity contribution in [1.29, 1.82) is 0 Å². The van der Waals surface area contributed by atoms with E-state index in [-0.39, 0.29) is 17.4 Å². The zero-order valence-corrected chi connectivity index (χ0v) is 14.0. The van der Waals surface area contributed by atoms with Crippen LogP contribution in [0.2, 0.25) is 0 Å². The number of para-hydroxylation sites is 1. The van der Waals surface area contributed by atoms with E-state index in [0.717, 1.165) is 24.3 Å². The predicted molar refractivity (Wildman–Crippen MR) is 88.8 cm³/mol. The molecule has 0 aliphatic carbocycles. The minimum absolute atomic E-state index is 0.176. The van der Waals surface area contributed by atoms with Crippen molar-refractivity contribution in [3.63, 3.8) is 0 Å². The Bertz CT molecular complexity index is 813. The van der Waals surface area contributed by atoms with Gasteiger partial charge in [-0.3, -0.25) is 0 Å². The lowest BCUT2D eigenvalue weighted by Crippen LogP contribution is -2.40. The molecular weight excluding hydrogens is 330 g/mol. The van der Waals surface area contributed by atoms with E-state index >= 15 is 0 Å². The second-order valence-electron chi connectivity index (χ2n) is 6.17. The molecule has 128 valence electrons. The number of hydrogen-bond acceptors (Lipinski definition) is 7. The molecule has 2 fully saturated rings. The number of ether oxygens (including phenoxy) is 1. The van der Waals surface area contributed by atoms with Gasteiger partial charge in [0, 0.05) is 31.3 Å². The molecule has 2 aromatic rings. The molecule has 0 radical (unpaired) electrons. The second-order valence-corrected chi connectivity index (χ2v) is 8.48. The Labute approximate surface area is 140 Å². The molecule has 0 spiro atoms. The van der Waals surface area contributed by atoms with E-state index in [2.05, 4.69) is 15.0 Å². The van der Waals surface area contributed by atoms with E-state index in [1.54, 1.807) is 0 Å². The smallest absolute Gasteiger partial charge is 0.260 e. The molecule has 3 heterocycles. The molecule has 1 aromatic heterocycles. The summed E-state index contributed by atoms with van der Waals surface area (Å²) in [5, 5.41) is 4.10. The summed E-state index contributed by atoms with van der Waals surface area (Å²) in [5.74, 6) is 1.69. The highest BCUT2D eigenvalue weighted by atomic mass is 32.2. The van der Waals surface area contributed by atoms with Crippen molar-refractivity contribution in [3.05, 3.63) is 30.1 Å². The molecule has 0 bridgehead atoms. The third kappa shape index (κ3) is 3.03. The van der Waals surface area contributed by atoms with Gasteiger partial charge in [-0.25, -0.2) is 8.42 Å². The lowest BCUT2D eigenvalue weighted by atomic mass is 10.1. The first-order valence-electron chi connectivity index (χ1n) is 8.08. The summed E-state index contributed by atoms with van der Waals surface area (Å²) in [6.45, 7) is 2.32. The van der Waals surface area contributed by atoms with Crippen molar-refractivity contribution >= 4 is 15.5 Å². The van der Waals surface area contributed by atoms with Gasteiger partial charge in [-0.15, -0.1) is 0 Å². The third-order valence-corrected chi connectivity index (χ3v) is 6.17. The molecule has 2 aliphatic heterocycles. The number of nitrogens with zero attached hydrogens (tertiary/aromatic N) is 3. The van der Waals surface area contributed by atoms with Gasteiger partial charge in [0.25, 0.3) is 5.89 Å². The lowest BCUT2D eigenvalue weighted by molar-refractivity contribution is 0.192. The fourth-order valence-electron chi connectivity index (χ4n) is 3.13. The van der Waals surface area contributed by atoms with Gasteiger partial charge in [-0.1, -0.05) is 17.3 Å². The van der Waals surface area contributed by atoms with Gasteiger partial charge < -0.3 is 14.2 Å². The van der Waals surface area contributed by atoms with Crippen LogP contribution in [0.5, 0.6) is 0 Å². The van der Waals surface area contributed by atoms with Crippen LogP contribution in [0, 0.1) is 0 Å². The van der Waals surface area contributed by atoms with Crippen LogP contribution in [0.1, 0.15) is 18.2 Å². The molecule has 2 aliphatic rings. The Kier molecular flexibility index (Phi) is 4.01. The average Bonchev–Trinajstić information content (AvgIpc) is 3.26. The summed E-state index contributed by atoms with van der Waals surface area (Å²) in [4.78, 5) is 6.61. The average molecular weight is 349 g/mol. The summed E-state index contributed by atoms with van der Waals surface area (Å²) < 4.78 is 34.2. The number of aromatic nitrogens is 2. The van der Waals surface area contributed by atoms with Crippen LogP contribution in [0.3, 0.4) is 0 Å². The first kappa shape index (κ1) is 15.6. The van der Waals surface area contributed by atoms with E-state index in [1.807, 2.05) is 24.3 Å². The maximum Gasteiger partial charge on any atom is 0.260 e. The van der Waals surface area contributed by atoms with Gasteiger partial charge in [0.15, 0.2) is 15.7 Å².